The van der Waals surface area contributed by atoms with Crippen LogP contribution in [0.2, 0.25) is 5.02 Å². The zero-order valence-corrected chi connectivity index (χ0v) is 21.1. The Morgan fingerprint density at radius 1 is 1.28 bits per heavy atom. The minimum atomic E-state index is -0.770. The Morgan fingerprint density at radius 3 is 2.92 bits per heavy atom. The molecule has 0 spiro atoms. The number of fused-ring (bicyclic) bond motifs is 1. The first kappa shape index (κ1) is 25.9. The number of piperidine rings is 1. The molecule has 3 aromatic rings. The van der Waals surface area contributed by atoms with Crippen LogP contribution in [0.25, 0.3) is 10.9 Å². The van der Waals surface area contributed by atoms with Crippen molar-refractivity contribution in [1.29, 1.82) is 0 Å². The van der Waals surface area contributed by atoms with Crippen molar-refractivity contribution >= 4 is 28.5 Å². The Bertz CT molecular complexity index is 1290. The van der Waals surface area contributed by atoms with Crippen molar-refractivity contribution in [1.82, 2.24) is 9.88 Å². The molecule has 1 N–H and O–H groups in total. The van der Waals surface area contributed by atoms with Gasteiger partial charge in [-0.2, -0.15) is 0 Å². The number of nitrogens with zero attached hydrogens (tertiary/aromatic N) is 2. The average molecular weight is 509 g/mol. The number of methoxy groups -OCH3 is 1. The predicted octanol–water partition coefficient (Wildman–Crippen LogP) is 5.82. The number of likely N-dealkylation sites (tertiary alicyclic amines) is 1. The number of carboxylic acid groups (broad SMARTS) is 1. The van der Waals surface area contributed by atoms with Crippen molar-refractivity contribution in [2.75, 3.05) is 26.7 Å². The Hall–Kier alpha value is -3.14. The summed E-state index contributed by atoms with van der Waals surface area (Å²) >= 11 is 6.52. The second-order valence-corrected chi connectivity index (χ2v) is 9.72. The van der Waals surface area contributed by atoms with E-state index in [2.05, 4.69) is 21.7 Å². The van der Waals surface area contributed by atoms with E-state index >= 15 is 0 Å². The summed E-state index contributed by atoms with van der Waals surface area (Å²) < 4.78 is 18.7. The first-order valence-corrected chi connectivity index (χ1v) is 12.6. The maximum absolute atomic E-state index is 13.4. The van der Waals surface area contributed by atoms with Gasteiger partial charge < -0.3 is 9.84 Å². The number of rotatable bonds is 8. The van der Waals surface area contributed by atoms with E-state index in [1.807, 2.05) is 18.2 Å². The van der Waals surface area contributed by atoms with Crippen molar-refractivity contribution in [3.63, 3.8) is 0 Å². The van der Waals surface area contributed by atoms with E-state index in [4.69, 9.17) is 16.3 Å². The Morgan fingerprint density at radius 2 is 2.14 bits per heavy atom. The van der Waals surface area contributed by atoms with E-state index in [0.717, 1.165) is 54.4 Å². The molecule has 1 saturated heterocycles. The van der Waals surface area contributed by atoms with Gasteiger partial charge in [0.05, 0.1) is 24.2 Å². The van der Waals surface area contributed by atoms with E-state index in [1.54, 1.807) is 25.4 Å². The highest BCUT2D eigenvalue weighted by atomic mass is 35.5. The summed E-state index contributed by atoms with van der Waals surface area (Å²) in [6, 6.07) is 12.0. The third-order valence-corrected chi connectivity index (χ3v) is 7.23. The van der Waals surface area contributed by atoms with E-state index in [9.17, 15) is 14.3 Å². The van der Waals surface area contributed by atoms with E-state index in [-0.39, 0.29) is 18.2 Å². The molecule has 0 aliphatic carbocycles. The second-order valence-electron chi connectivity index (χ2n) is 9.31. The fraction of sp³-hybridized carbons (Fsp3) is 0.379. The standard InChI is InChI=1S/C29H30ClFN2O3/c1-36-24-10-11-28-26(17-24)25(27(30)18-32-28)9-3-7-21-12-14-33(19-22(21)16-29(34)35)13-4-6-20-5-2-8-23(31)15-20/h2,5,8,10-11,15,17-18,21-22H,3,7,9,12-14,16,19H2,1H3,(H,34,35). The molecule has 188 valence electrons. The van der Waals surface area contributed by atoms with E-state index in [1.165, 1.54) is 12.1 Å². The van der Waals surface area contributed by atoms with Crippen LogP contribution < -0.4 is 4.74 Å². The van der Waals surface area contributed by atoms with Gasteiger partial charge in [-0.15, -0.1) is 0 Å². The molecule has 1 aromatic heterocycles. The zero-order valence-electron chi connectivity index (χ0n) is 20.3. The maximum Gasteiger partial charge on any atom is 0.303 e. The molecule has 0 amide bonds. The van der Waals surface area contributed by atoms with Crippen LogP contribution in [0, 0.1) is 29.5 Å². The Labute approximate surface area is 216 Å². The highest BCUT2D eigenvalue weighted by Crippen LogP contribution is 2.33. The number of aryl methyl sites for hydroxylation is 1. The lowest BCUT2D eigenvalue weighted by atomic mass is 9.80. The number of aromatic nitrogens is 1. The summed E-state index contributed by atoms with van der Waals surface area (Å²) in [7, 11) is 1.64. The number of hydrogen-bond acceptors (Lipinski definition) is 4. The van der Waals surface area contributed by atoms with Crippen LogP contribution >= 0.6 is 11.6 Å². The lowest BCUT2D eigenvalue weighted by Gasteiger charge is -2.37. The van der Waals surface area contributed by atoms with Gasteiger partial charge in [0.25, 0.3) is 0 Å². The zero-order chi connectivity index (χ0) is 25.5. The largest absolute Gasteiger partial charge is 0.497 e. The minimum Gasteiger partial charge on any atom is -0.497 e. The molecule has 7 heteroatoms. The average Bonchev–Trinajstić information content (AvgIpc) is 2.86. The molecule has 4 rings (SSSR count). The number of benzene rings is 2. The SMILES string of the molecule is COc1ccc2ncc(Cl)c(CCCC3CCN(CC#Cc4cccc(F)c4)CC3CC(=O)O)c2c1. The molecule has 2 heterocycles. The van der Waals surface area contributed by atoms with Crippen LogP contribution in [0.15, 0.2) is 48.7 Å². The monoisotopic (exact) mass is 508 g/mol. The molecule has 36 heavy (non-hydrogen) atoms. The number of hydrogen-bond donors (Lipinski definition) is 1. The topological polar surface area (TPSA) is 62.7 Å². The van der Waals surface area contributed by atoms with Gasteiger partial charge in [-0.3, -0.25) is 14.7 Å². The molecule has 1 aliphatic rings. The van der Waals surface area contributed by atoms with Gasteiger partial charge in [0.1, 0.15) is 11.6 Å². The molecule has 2 unspecified atom stereocenters. The van der Waals surface area contributed by atoms with Gasteiger partial charge >= 0.3 is 5.97 Å². The van der Waals surface area contributed by atoms with Crippen LogP contribution in [-0.4, -0.2) is 47.7 Å². The molecule has 1 aliphatic heterocycles. The first-order chi connectivity index (χ1) is 17.4. The maximum atomic E-state index is 13.4. The fourth-order valence-electron chi connectivity index (χ4n) is 5.08. The summed E-state index contributed by atoms with van der Waals surface area (Å²) in [5, 5.41) is 11.1. The molecule has 5 nitrogen and oxygen atoms in total. The lowest BCUT2D eigenvalue weighted by molar-refractivity contribution is -0.139. The van der Waals surface area contributed by atoms with Crippen LogP contribution in [0.3, 0.4) is 0 Å². The van der Waals surface area contributed by atoms with E-state index in [0.29, 0.717) is 29.6 Å². The molecule has 2 aromatic carbocycles. The molecule has 0 radical (unpaired) electrons. The number of carbonyl (C=O) groups is 1. The summed E-state index contributed by atoms with van der Waals surface area (Å²) in [6.07, 6.45) is 5.42. The molecular weight excluding hydrogens is 479 g/mol. The summed E-state index contributed by atoms with van der Waals surface area (Å²) in [4.78, 5) is 18.2. The van der Waals surface area contributed by atoms with Crippen LogP contribution in [0.4, 0.5) is 4.39 Å². The normalized spacial score (nSPS) is 18.0. The van der Waals surface area contributed by atoms with Gasteiger partial charge in [-0.25, -0.2) is 4.39 Å². The van der Waals surface area contributed by atoms with Gasteiger partial charge in [0.15, 0.2) is 0 Å². The number of pyridine rings is 1. The van der Waals surface area contributed by atoms with Crippen molar-refractivity contribution in [2.24, 2.45) is 11.8 Å². The summed E-state index contributed by atoms with van der Waals surface area (Å²) in [5.41, 5.74) is 2.58. The van der Waals surface area contributed by atoms with Crippen LogP contribution in [0.1, 0.15) is 36.8 Å². The third kappa shape index (κ3) is 6.75. The number of halogens is 2. The van der Waals surface area contributed by atoms with Crippen molar-refractivity contribution in [3.05, 3.63) is 70.6 Å². The smallest absolute Gasteiger partial charge is 0.303 e. The fourth-order valence-corrected chi connectivity index (χ4v) is 5.32. The number of aliphatic carboxylic acids is 1. The Balaban J connectivity index is 1.38. The van der Waals surface area contributed by atoms with Gasteiger partial charge in [0, 0.05) is 30.1 Å². The summed E-state index contributed by atoms with van der Waals surface area (Å²) in [6.45, 7) is 2.11. The predicted molar refractivity (Wildman–Crippen MR) is 140 cm³/mol. The lowest BCUT2D eigenvalue weighted by Crippen LogP contribution is -2.41. The van der Waals surface area contributed by atoms with Crippen molar-refractivity contribution < 1.29 is 19.0 Å². The molecule has 0 saturated carbocycles. The van der Waals surface area contributed by atoms with Crippen LogP contribution in [-0.2, 0) is 11.2 Å². The molecular formula is C29H30ClFN2O3. The van der Waals surface area contributed by atoms with Crippen LogP contribution in [0.5, 0.6) is 5.75 Å². The Kier molecular flexibility index (Phi) is 8.79. The van der Waals surface area contributed by atoms with Crippen molar-refractivity contribution in [2.45, 2.75) is 32.1 Å². The summed E-state index contributed by atoms with van der Waals surface area (Å²) in [5.74, 6) is 6.21. The van der Waals surface area contributed by atoms with Gasteiger partial charge in [0.2, 0.25) is 0 Å². The van der Waals surface area contributed by atoms with Gasteiger partial charge in [-0.1, -0.05) is 29.5 Å². The highest BCUT2D eigenvalue weighted by molar-refractivity contribution is 6.32. The molecule has 2 atom stereocenters. The van der Waals surface area contributed by atoms with E-state index < -0.39 is 5.97 Å². The number of carboxylic acids is 1. The van der Waals surface area contributed by atoms with Gasteiger partial charge in [-0.05, 0) is 86.0 Å². The van der Waals surface area contributed by atoms with Crippen molar-refractivity contribution in [3.8, 4) is 17.6 Å². The minimum absolute atomic E-state index is 0.0666. The number of ether oxygens (including phenoxy) is 1. The quantitative estimate of drug-likeness (QED) is 0.388. The molecule has 0 bridgehead atoms. The first-order valence-electron chi connectivity index (χ1n) is 12.2. The third-order valence-electron chi connectivity index (χ3n) is 6.91. The second kappa shape index (κ2) is 12.2. The molecule has 1 fully saturated rings. The highest BCUT2D eigenvalue weighted by Gasteiger charge is 2.30.